The Labute approximate surface area is 146 Å². The number of carbonyl (C=O) groups excluding carboxylic acids is 1. The predicted molar refractivity (Wildman–Crippen MR) is 99.6 cm³/mol. The molecule has 1 amide bonds. The number of piperidine rings is 1. The molecule has 1 saturated heterocycles. The van der Waals surface area contributed by atoms with E-state index in [1.54, 1.807) is 11.8 Å². The van der Waals surface area contributed by atoms with Crippen molar-refractivity contribution >= 4 is 28.7 Å². The number of nitrogens with zero attached hydrogens (tertiary/aromatic N) is 2. The van der Waals surface area contributed by atoms with Crippen LogP contribution in [0.1, 0.15) is 39.7 Å². The van der Waals surface area contributed by atoms with Crippen LogP contribution in [0.2, 0.25) is 0 Å². The molecule has 6 heteroatoms. The number of para-hydroxylation sites is 2. The topological polar surface area (TPSA) is 58.1 Å². The van der Waals surface area contributed by atoms with Gasteiger partial charge in [0.25, 0.3) is 0 Å². The Morgan fingerprint density at radius 3 is 2.58 bits per heavy atom. The zero-order chi connectivity index (χ0) is 17.3. The van der Waals surface area contributed by atoms with Crippen molar-refractivity contribution in [2.75, 3.05) is 18.8 Å². The summed E-state index contributed by atoms with van der Waals surface area (Å²) in [5.41, 5.74) is 1.78. The number of carbonyl (C=O) groups is 1. The first kappa shape index (κ1) is 17.1. The summed E-state index contributed by atoms with van der Waals surface area (Å²) in [5, 5.41) is 0. The number of hydrogen-bond acceptors (Lipinski definition) is 3. The van der Waals surface area contributed by atoms with Crippen LogP contribution in [0.5, 0.6) is 0 Å². The second-order valence-electron chi connectivity index (χ2n) is 7.33. The summed E-state index contributed by atoms with van der Waals surface area (Å²) < 4.78 is 1.96. The number of thioether (sulfide) groups is 1. The highest BCUT2D eigenvalue weighted by atomic mass is 32.2. The molecule has 0 aliphatic carbocycles. The van der Waals surface area contributed by atoms with Crippen molar-refractivity contribution in [3.63, 3.8) is 0 Å². The van der Waals surface area contributed by atoms with E-state index in [2.05, 4.69) is 25.8 Å². The second kappa shape index (κ2) is 6.67. The van der Waals surface area contributed by atoms with Crippen molar-refractivity contribution in [3.05, 3.63) is 34.7 Å². The van der Waals surface area contributed by atoms with E-state index in [4.69, 9.17) is 0 Å². The number of fused-ring (bicyclic) bond motifs is 1. The Morgan fingerprint density at radius 1 is 1.25 bits per heavy atom. The highest BCUT2D eigenvalue weighted by Gasteiger charge is 2.26. The Morgan fingerprint density at radius 2 is 1.92 bits per heavy atom. The van der Waals surface area contributed by atoms with Crippen LogP contribution in [-0.4, -0.2) is 43.9 Å². The SMILES string of the molecule is CC(C)(C)SCC(=O)N1CCC(n2c(=O)[nH]c3ccccc32)CC1. The Balaban J connectivity index is 1.66. The third-order valence-corrected chi connectivity index (χ3v) is 5.69. The third kappa shape index (κ3) is 3.69. The Bertz CT molecular complexity index is 779. The van der Waals surface area contributed by atoms with E-state index >= 15 is 0 Å². The molecule has 0 spiro atoms. The molecular formula is C18H25N3O2S. The number of rotatable bonds is 3. The fraction of sp³-hybridized carbons (Fsp3) is 0.556. The number of hydrogen-bond donors (Lipinski definition) is 1. The molecule has 2 heterocycles. The van der Waals surface area contributed by atoms with Crippen LogP contribution in [0.4, 0.5) is 0 Å². The summed E-state index contributed by atoms with van der Waals surface area (Å²) in [6.07, 6.45) is 1.65. The van der Waals surface area contributed by atoms with Gasteiger partial charge >= 0.3 is 5.69 Å². The lowest BCUT2D eigenvalue weighted by Crippen LogP contribution is -2.41. The van der Waals surface area contributed by atoms with Gasteiger partial charge in [-0.2, -0.15) is 0 Å². The maximum atomic E-state index is 12.3. The van der Waals surface area contributed by atoms with Crippen molar-refractivity contribution in [2.24, 2.45) is 0 Å². The molecule has 1 aromatic heterocycles. The van der Waals surface area contributed by atoms with E-state index < -0.39 is 0 Å². The van der Waals surface area contributed by atoms with Gasteiger partial charge in [0, 0.05) is 23.9 Å². The number of likely N-dealkylation sites (tertiary alicyclic amines) is 1. The molecule has 0 saturated carbocycles. The number of aromatic nitrogens is 2. The minimum atomic E-state index is -0.0516. The first-order valence-corrected chi connectivity index (χ1v) is 9.45. The number of nitrogens with one attached hydrogen (secondary N) is 1. The van der Waals surface area contributed by atoms with Gasteiger partial charge in [0.05, 0.1) is 16.8 Å². The number of amides is 1. The lowest BCUT2D eigenvalue weighted by molar-refractivity contribution is -0.129. The van der Waals surface area contributed by atoms with Crippen molar-refractivity contribution in [2.45, 2.75) is 44.4 Å². The molecular weight excluding hydrogens is 322 g/mol. The lowest BCUT2D eigenvalue weighted by Gasteiger charge is -2.33. The van der Waals surface area contributed by atoms with E-state index in [-0.39, 0.29) is 22.4 Å². The van der Waals surface area contributed by atoms with Gasteiger partial charge in [-0.15, -0.1) is 11.8 Å². The van der Waals surface area contributed by atoms with E-state index in [0.29, 0.717) is 5.75 Å². The predicted octanol–water partition coefficient (Wildman–Crippen LogP) is 3.02. The van der Waals surface area contributed by atoms with E-state index in [0.717, 1.165) is 37.0 Å². The molecule has 1 aliphatic rings. The number of benzene rings is 1. The smallest absolute Gasteiger partial charge is 0.326 e. The van der Waals surface area contributed by atoms with Crippen LogP contribution < -0.4 is 5.69 Å². The molecule has 24 heavy (non-hydrogen) atoms. The molecule has 0 bridgehead atoms. The normalized spacial score (nSPS) is 16.7. The second-order valence-corrected chi connectivity index (χ2v) is 9.13. The molecule has 130 valence electrons. The highest BCUT2D eigenvalue weighted by Crippen LogP contribution is 2.27. The van der Waals surface area contributed by atoms with Crippen LogP contribution in [0.3, 0.4) is 0 Å². The fourth-order valence-electron chi connectivity index (χ4n) is 3.18. The zero-order valence-electron chi connectivity index (χ0n) is 14.5. The van der Waals surface area contributed by atoms with E-state index in [1.807, 2.05) is 33.7 Å². The molecule has 5 nitrogen and oxygen atoms in total. The molecule has 3 rings (SSSR count). The summed E-state index contributed by atoms with van der Waals surface area (Å²) in [7, 11) is 0. The quantitative estimate of drug-likeness (QED) is 0.928. The van der Waals surface area contributed by atoms with Gasteiger partial charge < -0.3 is 9.88 Å². The van der Waals surface area contributed by atoms with Crippen LogP contribution in [-0.2, 0) is 4.79 Å². The third-order valence-electron chi connectivity index (χ3n) is 4.43. The molecule has 2 aromatic rings. The maximum Gasteiger partial charge on any atom is 0.326 e. The van der Waals surface area contributed by atoms with Gasteiger partial charge in [-0.05, 0) is 25.0 Å². The molecule has 1 fully saturated rings. The average molecular weight is 347 g/mol. The minimum absolute atomic E-state index is 0.0516. The monoisotopic (exact) mass is 347 g/mol. The van der Waals surface area contributed by atoms with E-state index in [9.17, 15) is 9.59 Å². The average Bonchev–Trinajstić information content (AvgIpc) is 2.88. The van der Waals surface area contributed by atoms with Crippen LogP contribution in [0.25, 0.3) is 11.0 Å². The lowest BCUT2D eigenvalue weighted by atomic mass is 10.0. The van der Waals surface area contributed by atoms with Gasteiger partial charge in [-0.1, -0.05) is 32.9 Å². The molecule has 0 radical (unpaired) electrons. The van der Waals surface area contributed by atoms with Gasteiger partial charge in [0.1, 0.15) is 0 Å². The number of H-pyrrole nitrogens is 1. The van der Waals surface area contributed by atoms with Crippen molar-refractivity contribution in [1.29, 1.82) is 0 Å². The van der Waals surface area contributed by atoms with Crippen molar-refractivity contribution < 1.29 is 4.79 Å². The Kier molecular flexibility index (Phi) is 4.76. The number of aromatic amines is 1. The Hall–Kier alpha value is -1.69. The molecule has 0 atom stereocenters. The summed E-state index contributed by atoms with van der Waals surface area (Å²) >= 11 is 1.69. The van der Waals surface area contributed by atoms with Gasteiger partial charge in [-0.25, -0.2) is 4.79 Å². The van der Waals surface area contributed by atoms with Gasteiger partial charge in [-0.3, -0.25) is 9.36 Å². The molecule has 1 aliphatic heterocycles. The zero-order valence-corrected chi connectivity index (χ0v) is 15.4. The fourth-order valence-corrected chi connectivity index (χ4v) is 3.92. The minimum Gasteiger partial charge on any atom is -0.342 e. The first-order valence-electron chi connectivity index (χ1n) is 8.46. The first-order chi connectivity index (χ1) is 11.3. The molecule has 0 unspecified atom stereocenters. The van der Waals surface area contributed by atoms with Gasteiger partial charge in [0.15, 0.2) is 0 Å². The summed E-state index contributed by atoms with van der Waals surface area (Å²) in [4.78, 5) is 29.5. The summed E-state index contributed by atoms with van der Waals surface area (Å²) in [6, 6.07) is 7.94. The standard InChI is InChI=1S/C18H25N3O2S/c1-18(2,3)24-12-16(22)20-10-8-13(9-11-20)21-15-7-5-4-6-14(15)19-17(21)23/h4-7,13H,8-12H2,1-3H3,(H,19,23). The van der Waals surface area contributed by atoms with E-state index in [1.165, 1.54) is 0 Å². The number of imidazole rings is 1. The van der Waals surface area contributed by atoms with Crippen LogP contribution in [0.15, 0.2) is 29.1 Å². The highest BCUT2D eigenvalue weighted by molar-refractivity contribution is 8.01. The van der Waals surface area contributed by atoms with Crippen molar-refractivity contribution in [1.82, 2.24) is 14.5 Å². The largest absolute Gasteiger partial charge is 0.342 e. The molecule has 1 N–H and O–H groups in total. The van der Waals surface area contributed by atoms with Crippen LogP contribution >= 0.6 is 11.8 Å². The van der Waals surface area contributed by atoms with Crippen LogP contribution in [0, 0.1) is 0 Å². The molecule has 1 aromatic carbocycles. The van der Waals surface area contributed by atoms with Crippen molar-refractivity contribution in [3.8, 4) is 0 Å². The maximum absolute atomic E-state index is 12.3. The summed E-state index contributed by atoms with van der Waals surface area (Å²) in [6.45, 7) is 7.82. The summed E-state index contributed by atoms with van der Waals surface area (Å²) in [5.74, 6) is 0.737. The van der Waals surface area contributed by atoms with Gasteiger partial charge in [0.2, 0.25) is 5.91 Å².